The van der Waals surface area contributed by atoms with Crippen molar-refractivity contribution < 1.29 is 4.74 Å². The second-order valence-electron chi connectivity index (χ2n) is 6.96. The van der Waals surface area contributed by atoms with Crippen molar-refractivity contribution >= 4 is 0 Å². The number of nitrogens with zero attached hydrogens (tertiary/aromatic N) is 1. The number of nitrogens with one attached hydrogen (secondary N) is 1. The zero-order chi connectivity index (χ0) is 14.5. The van der Waals surface area contributed by atoms with Crippen LogP contribution in [0.5, 0.6) is 0 Å². The molecule has 0 aromatic carbocycles. The van der Waals surface area contributed by atoms with Gasteiger partial charge in [0.2, 0.25) is 0 Å². The first kappa shape index (κ1) is 16.5. The molecule has 19 heavy (non-hydrogen) atoms. The quantitative estimate of drug-likeness (QED) is 0.684. The molecule has 0 bridgehead atoms. The molecule has 1 N–H and O–H groups in total. The number of hydrogen-bond donors (Lipinski definition) is 1. The van der Waals surface area contributed by atoms with E-state index in [-0.39, 0.29) is 10.8 Å². The fourth-order valence-electron chi connectivity index (χ4n) is 2.74. The van der Waals surface area contributed by atoms with Crippen LogP contribution in [0.25, 0.3) is 0 Å². The summed E-state index contributed by atoms with van der Waals surface area (Å²) >= 11 is 0. The van der Waals surface area contributed by atoms with Crippen LogP contribution in [0.4, 0.5) is 0 Å². The van der Waals surface area contributed by atoms with Crippen LogP contribution >= 0.6 is 0 Å². The molecule has 1 fully saturated rings. The number of nitriles is 1. The summed E-state index contributed by atoms with van der Waals surface area (Å²) in [6.45, 7) is 12.5. The molecule has 0 amide bonds. The predicted octanol–water partition coefficient (Wildman–Crippen LogP) is 3.50. The highest BCUT2D eigenvalue weighted by molar-refractivity contribution is 5.02. The topological polar surface area (TPSA) is 45.0 Å². The standard InChI is InChI=1S/C16H30N2O/c1-6-19-14-11-13(16(14,4)5)18-10-8-7-9-15(2,3)12-17/h13-14,18H,6-11H2,1-5H3. The number of unbranched alkanes of at least 4 members (excludes halogenated alkanes) is 1. The second kappa shape index (κ2) is 6.72. The van der Waals surface area contributed by atoms with Crippen LogP contribution in [0.3, 0.4) is 0 Å². The summed E-state index contributed by atoms with van der Waals surface area (Å²) in [5, 5.41) is 12.6. The maximum absolute atomic E-state index is 8.95. The van der Waals surface area contributed by atoms with E-state index in [0.29, 0.717) is 12.1 Å². The van der Waals surface area contributed by atoms with Gasteiger partial charge in [-0.2, -0.15) is 5.26 Å². The molecule has 0 radical (unpaired) electrons. The minimum atomic E-state index is -0.171. The lowest BCUT2D eigenvalue weighted by atomic mass is 9.64. The Morgan fingerprint density at radius 2 is 2.05 bits per heavy atom. The molecule has 1 rings (SSSR count). The monoisotopic (exact) mass is 266 g/mol. The third kappa shape index (κ3) is 4.47. The van der Waals surface area contributed by atoms with Crippen molar-refractivity contribution in [2.24, 2.45) is 10.8 Å². The summed E-state index contributed by atoms with van der Waals surface area (Å²) in [4.78, 5) is 0. The Hall–Kier alpha value is -0.590. The molecule has 0 saturated heterocycles. The zero-order valence-corrected chi connectivity index (χ0v) is 13.3. The molecule has 2 atom stereocenters. The molecule has 0 aliphatic heterocycles. The highest BCUT2D eigenvalue weighted by Crippen LogP contribution is 2.42. The van der Waals surface area contributed by atoms with Gasteiger partial charge in [-0.1, -0.05) is 20.3 Å². The third-order valence-corrected chi connectivity index (χ3v) is 4.47. The molecule has 0 aromatic heterocycles. The molecule has 0 heterocycles. The van der Waals surface area contributed by atoms with E-state index in [0.717, 1.165) is 38.8 Å². The normalized spacial score (nSPS) is 25.7. The van der Waals surface area contributed by atoms with Gasteiger partial charge in [-0.05, 0) is 46.6 Å². The Balaban J connectivity index is 2.14. The van der Waals surface area contributed by atoms with Crippen molar-refractivity contribution in [3.8, 4) is 6.07 Å². The predicted molar refractivity (Wildman–Crippen MR) is 78.8 cm³/mol. The van der Waals surface area contributed by atoms with E-state index < -0.39 is 0 Å². The molecule has 110 valence electrons. The van der Waals surface area contributed by atoms with Crippen LogP contribution in [0.2, 0.25) is 0 Å². The van der Waals surface area contributed by atoms with E-state index in [2.05, 4.69) is 32.2 Å². The molecule has 2 unspecified atom stereocenters. The Bertz CT molecular complexity index is 317. The lowest BCUT2D eigenvalue weighted by molar-refractivity contribution is -0.113. The first-order valence-corrected chi connectivity index (χ1v) is 7.59. The maximum Gasteiger partial charge on any atom is 0.0683 e. The van der Waals surface area contributed by atoms with Gasteiger partial charge in [0.15, 0.2) is 0 Å². The second-order valence-corrected chi connectivity index (χ2v) is 6.96. The minimum absolute atomic E-state index is 0.171. The smallest absolute Gasteiger partial charge is 0.0683 e. The van der Waals surface area contributed by atoms with Crippen LogP contribution in [-0.2, 0) is 4.74 Å². The van der Waals surface area contributed by atoms with E-state index >= 15 is 0 Å². The lowest BCUT2D eigenvalue weighted by Crippen LogP contribution is -2.61. The van der Waals surface area contributed by atoms with Crippen molar-refractivity contribution in [2.75, 3.05) is 13.2 Å². The van der Waals surface area contributed by atoms with Gasteiger partial charge in [-0.25, -0.2) is 0 Å². The van der Waals surface area contributed by atoms with Crippen molar-refractivity contribution in [1.82, 2.24) is 5.32 Å². The molecule has 3 nitrogen and oxygen atoms in total. The zero-order valence-electron chi connectivity index (χ0n) is 13.3. The fraction of sp³-hybridized carbons (Fsp3) is 0.938. The van der Waals surface area contributed by atoms with Gasteiger partial charge in [-0.15, -0.1) is 0 Å². The van der Waals surface area contributed by atoms with Gasteiger partial charge in [0.1, 0.15) is 0 Å². The van der Waals surface area contributed by atoms with Gasteiger partial charge in [0.25, 0.3) is 0 Å². The van der Waals surface area contributed by atoms with Crippen LogP contribution in [-0.4, -0.2) is 25.3 Å². The van der Waals surface area contributed by atoms with E-state index in [9.17, 15) is 0 Å². The van der Waals surface area contributed by atoms with Gasteiger partial charge in [0, 0.05) is 18.1 Å². The van der Waals surface area contributed by atoms with Gasteiger partial charge >= 0.3 is 0 Å². The third-order valence-electron chi connectivity index (χ3n) is 4.47. The van der Waals surface area contributed by atoms with Crippen molar-refractivity contribution in [1.29, 1.82) is 5.26 Å². The molecule has 1 aliphatic rings. The Morgan fingerprint density at radius 1 is 1.37 bits per heavy atom. The largest absolute Gasteiger partial charge is 0.378 e. The van der Waals surface area contributed by atoms with Crippen LogP contribution in [0.15, 0.2) is 0 Å². The van der Waals surface area contributed by atoms with Crippen molar-refractivity contribution in [3.63, 3.8) is 0 Å². The maximum atomic E-state index is 8.95. The summed E-state index contributed by atoms with van der Waals surface area (Å²) in [7, 11) is 0. The van der Waals surface area contributed by atoms with Crippen LogP contribution < -0.4 is 5.32 Å². The first-order chi connectivity index (χ1) is 8.83. The molecule has 0 spiro atoms. The Morgan fingerprint density at radius 3 is 2.58 bits per heavy atom. The summed E-state index contributed by atoms with van der Waals surface area (Å²) in [6.07, 6.45) is 4.80. The Labute approximate surface area is 118 Å². The molecule has 1 aliphatic carbocycles. The van der Waals surface area contributed by atoms with Crippen molar-refractivity contribution in [3.05, 3.63) is 0 Å². The van der Waals surface area contributed by atoms with E-state index in [1.54, 1.807) is 0 Å². The number of rotatable bonds is 8. The van der Waals surface area contributed by atoms with E-state index in [4.69, 9.17) is 10.00 Å². The van der Waals surface area contributed by atoms with E-state index in [1.807, 2.05) is 13.8 Å². The van der Waals surface area contributed by atoms with E-state index in [1.165, 1.54) is 0 Å². The Kier molecular flexibility index (Phi) is 5.82. The summed E-state index contributed by atoms with van der Waals surface area (Å²) in [6, 6.07) is 2.94. The molecule has 0 aromatic rings. The lowest BCUT2D eigenvalue weighted by Gasteiger charge is -2.52. The molecule has 3 heteroatoms. The van der Waals surface area contributed by atoms with Gasteiger partial charge in [-0.3, -0.25) is 0 Å². The SMILES string of the molecule is CCOC1CC(NCCCCC(C)(C)C#N)C1(C)C. The van der Waals surface area contributed by atoms with Crippen LogP contribution in [0.1, 0.15) is 60.3 Å². The number of ether oxygens (including phenoxy) is 1. The van der Waals surface area contributed by atoms with Gasteiger partial charge in [0.05, 0.1) is 17.6 Å². The fourth-order valence-corrected chi connectivity index (χ4v) is 2.74. The highest BCUT2D eigenvalue weighted by Gasteiger charge is 2.48. The molecular weight excluding hydrogens is 236 g/mol. The first-order valence-electron chi connectivity index (χ1n) is 7.59. The minimum Gasteiger partial charge on any atom is -0.378 e. The summed E-state index contributed by atoms with van der Waals surface area (Å²) < 4.78 is 5.73. The number of hydrogen-bond acceptors (Lipinski definition) is 3. The highest BCUT2D eigenvalue weighted by atomic mass is 16.5. The summed E-state index contributed by atoms with van der Waals surface area (Å²) in [5.74, 6) is 0. The van der Waals surface area contributed by atoms with Gasteiger partial charge < -0.3 is 10.1 Å². The molecule has 1 saturated carbocycles. The van der Waals surface area contributed by atoms with Crippen molar-refractivity contribution in [2.45, 2.75) is 72.4 Å². The average Bonchev–Trinajstić information content (AvgIpc) is 2.36. The van der Waals surface area contributed by atoms with Crippen LogP contribution in [0, 0.1) is 22.2 Å². The average molecular weight is 266 g/mol. The molecular formula is C16H30N2O. The summed E-state index contributed by atoms with van der Waals surface area (Å²) in [5.41, 5.74) is 0.0811.